The number of aromatic carboxylic acids is 1. The van der Waals surface area contributed by atoms with Crippen molar-refractivity contribution >= 4 is 5.97 Å². The lowest BCUT2D eigenvalue weighted by Gasteiger charge is -2.36. The Kier molecular flexibility index (Phi) is 5.62. The van der Waals surface area contributed by atoms with E-state index in [1.165, 1.54) is 19.4 Å². The molecule has 4 nitrogen and oxygen atoms in total. The van der Waals surface area contributed by atoms with Crippen LogP contribution in [0.5, 0.6) is 5.75 Å². The van der Waals surface area contributed by atoms with Crippen LogP contribution in [0.15, 0.2) is 24.3 Å². The molecule has 1 aliphatic rings. The zero-order chi connectivity index (χ0) is 15.2. The molecule has 0 aliphatic carbocycles. The fourth-order valence-corrected chi connectivity index (χ4v) is 2.87. The van der Waals surface area contributed by atoms with Crippen molar-refractivity contribution < 1.29 is 14.6 Å². The van der Waals surface area contributed by atoms with E-state index >= 15 is 0 Å². The fraction of sp³-hybridized carbons (Fsp3) is 0.588. The molecule has 0 radical (unpaired) electrons. The van der Waals surface area contributed by atoms with Crippen LogP contribution in [0.25, 0.3) is 0 Å². The highest BCUT2D eigenvalue weighted by Crippen LogP contribution is 2.21. The lowest BCUT2D eigenvalue weighted by molar-refractivity contribution is 0.0696. The Morgan fingerprint density at radius 2 is 2.19 bits per heavy atom. The number of ether oxygens (including phenoxy) is 1. The second-order valence-corrected chi connectivity index (χ2v) is 6.06. The zero-order valence-corrected chi connectivity index (χ0v) is 12.9. The molecule has 1 heterocycles. The van der Waals surface area contributed by atoms with Crippen LogP contribution >= 0.6 is 0 Å². The quantitative estimate of drug-likeness (QED) is 0.817. The first kappa shape index (κ1) is 15.8. The van der Waals surface area contributed by atoms with Crippen molar-refractivity contribution in [1.82, 2.24) is 4.90 Å². The molecule has 0 amide bonds. The summed E-state index contributed by atoms with van der Waals surface area (Å²) in [5.41, 5.74) is 0.269. The Balaban J connectivity index is 1.74. The largest absolute Gasteiger partial charge is 0.494 e. The molecule has 1 N–H and O–H groups in total. The first-order valence-corrected chi connectivity index (χ1v) is 7.76. The minimum absolute atomic E-state index is 0.269. The van der Waals surface area contributed by atoms with E-state index in [1.54, 1.807) is 24.3 Å². The summed E-state index contributed by atoms with van der Waals surface area (Å²) in [6.45, 7) is 7.45. The molecule has 1 saturated heterocycles. The molecule has 1 aliphatic heterocycles. The van der Waals surface area contributed by atoms with Gasteiger partial charge in [-0.05, 0) is 50.3 Å². The van der Waals surface area contributed by atoms with Gasteiger partial charge in [0.25, 0.3) is 0 Å². The van der Waals surface area contributed by atoms with Crippen LogP contribution in [0.3, 0.4) is 0 Å². The van der Waals surface area contributed by atoms with Gasteiger partial charge in [-0.2, -0.15) is 0 Å². The van der Waals surface area contributed by atoms with Gasteiger partial charge >= 0.3 is 5.97 Å². The number of carboxylic acids is 1. The van der Waals surface area contributed by atoms with E-state index in [9.17, 15) is 4.79 Å². The van der Waals surface area contributed by atoms with Gasteiger partial charge in [-0.3, -0.25) is 0 Å². The first-order valence-electron chi connectivity index (χ1n) is 7.76. The van der Waals surface area contributed by atoms with Gasteiger partial charge in [0, 0.05) is 19.1 Å². The molecule has 4 heteroatoms. The molecule has 2 rings (SSSR count). The summed E-state index contributed by atoms with van der Waals surface area (Å²) < 4.78 is 5.66. The highest BCUT2D eigenvalue weighted by Gasteiger charge is 2.21. The van der Waals surface area contributed by atoms with E-state index in [1.807, 2.05) is 0 Å². The molecule has 1 fully saturated rings. The Hall–Kier alpha value is -1.55. The molecule has 21 heavy (non-hydrogen) atoms. The zero-order valence-electron chi connectivity index (χ0n) is 12.9. The Labute approximate surface area is 126 Å². The molecule has 116 valence electrons. The average molecular weight is 291 g/mol. The SMILES string of the molecule is CC1CCC(C)N(CCCOc2cccc(C(=O)O)c2)C1. The van der Waals surface area contributed by atoms with E-state index < -0.39 is 5.97 Å². The van der Waals surface area contributed by atoms with Crippen LogP contribution in [0.4, 0.5) is 0 Å². The maximum atomic E-state index is 10.9. The highest BCUT2D eigenvalue weighted by molar-refractivity contribution is 5.87. The Morgan fingerprint density at radius 3 is 2.95 bits per heavy atom. The maximum Gasteiger partial charge on any atom is 0.335 e. The van der Waals surface area contributed by atoms with Crippen molar-refractivity contribution in [3.8, 4) is 5.75 Å². The third-order valence-corrected chi connectivity index (χ3v) is 4.19. The number of carbonyl (C=O) groups is 1. The molecule has 0 saturated carbocycles. The molecule has 2 unspecified atom stereocenters. The number of likely N-dealkylation sites (tertiary alicyclic amines) is 1. The number of rotatable bonds is 6. The van der Waals surface area contributed by atoms with Crippen LogP contribution < -0.4 is 4.74 Å². The number of benzene rings is 1. The van der Waals surface area contributed by atoms with Gasteiger partial charge in [-0.15, -0.1) is 0 Å². The molecule has 2 atom stereocenters. The van der Waals surface area contributed by atoms with Gasteiger partial charge in [0.1, 0.15) is 5.75 Å². The number of carboxylic acid groups (broad SMARTS) is 1. The molecular formula is C17H25NO3. The smallest absolute Gasteiger partial charge is 0.335 e. The van der Waals surface area contributed by atoms with Crippen LogP contribution in [-0.2, 0) is 0 Å². The van der Waals surface area contributed by atoms with Crippen molar-refractivity contribution in [3.05, 3.63) is 29.8 Å². The van der Waals surface area contributed by atoms with Crippen LogP contribution in [0.2, 0.25) is 0 Å². The van der Waals surface area contributed by atoms with Crippen molar-refractivity contribution in [2.45, 2.75) is 39.2 Å². The Bertz CT molecular complexity index is 475. The van der Waals surface area contributed by atoms with Gasteiger partial charge in [-0.25, -0.2) is 4.79 Å². The first-order chi connectivity index (χ1) is 10.1. The second-order valence-electron chi connectivity index (χ2n) is 6.06. The minimum atomic E-state index is -0.920. The van der Waals surface area contributed by atoms with Crippen LogP contribution in [-0.4, -0.2) is 41.7 Å². The van der Waals surface area contributed by atoms with Crippen LogP contribution in [0.1, 0.15) is 43.5 Å². The predicted molar refractivity (Wildman–Crippen MR) is 82.9 cm³/mol. The summed E-state index contributed by atoms with van der Waals surface area (Å²) >= 11 is 0. The van der Waals surface area contributed by atoms with Crippen molar-refractivity contribution in [2.75, 3.05) is 19.7 Å². The molecular weight excluding hydrogens is 266 g/mol. The summed E-state index contributed by atoms with van der Waals surface area (Å²) in [6, 6.07) is 7.34. The Morgan fingerprint density at radius 1 is 1.38 bits per heavy atom. The lowest BCUT2D eigenvalue weighted by atomic mass is 9.95. The highest BCUT2D eigenvalue weighted by atomic mass is 16.5. The predicted octanol–water partition coefficient (Wildman–Crippen LogP) is 3.27. The van der Waals surface area contributed by atoms with E-state index in [-0.39, 0.29) is 5.56 Å². The average Bonchev–Trinajstić information content (AvgIpc) is 2.47. The second kappa shape index (κ2) is 7.46. The molecule has 0 bridgehead atoms. The molecule has 0 aromatic heterocycles. The normalized spacial score (nSPS) is 23.0. The van der Waals surface area contributed by atoms with Gasteiger partial charge in [0.05, 0.1) is 12.2 Å². The standard InChI is InChI=1S/C17H25NO3/c1-13-7-8-14(2)18(12-13)9-4-10-21-16-6-3-5-15(11-16)17(19)20/h3,5-6,11,13-14H,4,7-10,12H2,1-2H3,(H,19,20). The van der Waals surface area contributed by atoms with Gasteiger partial charge in [0.15, 0.2) is 0 Å². The lowest BCUT2D eigenvalue weighted by Crippen LogP contribution is -2.41. The summed E-state index contributed by atoms with van der Waals surface area (Å²) in [5, 5.41) is 8.94. The summed E-state index contributed by atoms with van der Waals surface area (Å²) in [6.07, 6.45) is 3.58. The third kappa shape index (κ3) is 4.74. The van der Waals surface area contributed by atoms with Crippen molar-refractivity contribution in [3.63, 3.8) is 0 Å². The van der Waals surface area contributed by atoms with Gasteiger partial charge in [-0.1, -0.05) is 13.0 Å². The fourth-order valence-electron chi connectivity index (χ4n) is 2.87. The summed E-state index contributed by atoms with van der Waals surface area (Å²) in [5.74, 6) is 0.501. The number of hydrogen-bond acceptors (Lipinski definition) is 3. The number of nitrogens with zero attached hydrogens (tertiary/aromatic N) is 1. The molecule has 0 spiro atoms. The van der Waals surface area contributed by atoms with Gasteiger partial charge in [0.2, 0.25) is 0 Å². The molecule has 1 aromatic rings. The number of piperidine rings is 1. The van der Waals surface area contributed by atoms with Crippen molar-refractivity contribution in [1.29, 1.82) is 0 Å². The van der Waals surface area contributed by atoms with E-state index in [2.05, 4.69) is 18.7 Å². The van der Waals surface area contributed by atoms with E-state index in [4.69, 9.17) is 9.84 Å². The third-order valence-electron chi connectivity index (χ3n) is 4.19. The van der Waals surface area contributed by atoms with E-state index in [0.717, 1.165) is 18.9 Å². The van der Waals surface area contributed by atoms with Gasteiger partial charge < -0.3 is 14.7 Å². The molecule has 1 aromatic carbocycles. The number of hydrogen-bond donors (Lipinski definition) is 1. The maximum absolute atomic E-state index is 10.9. The van der Waals surface area contributed by atoms with Crippen LogP contribution in [0, 0.1) is 5.92 Å². The van der Waals surface area contributed by atoms with E-state index in [0.29, 0.717) is 18.4 Å². The van der Waals surface area contributed by atoms with Crippen molar-refractivity contribution in [2.24, 2.45) is 5.92 Å². The summed E-state index contributed by atoms with van der Waals surface area (Å²) in [7, 11) is 0. The minimum Gasteiger partial charge on any atom is -0.494 e. The summed E-state index contributed by atoms with van der Waals surface area (Å²) in [4.78, 5) is 13.4. The monoisotopic (exact) mass is 291 g/mol. The topological polar surface area (TPSA) is 49.8 Å².